The summed E-state index contributed by atoms with van der Waals surface area (Å²) in [6.07, 6.45) is 0.735. The van der Waals surface area contributed by atoms with Crippen molar-refractivity contribution in [2.75, 3.05) is 37.9 Å². The van der Waals surface area contributed by atoms with E-state index in [9.17, 15) is 0 Å². The van der Waals surface area contributed by atoms with Crippen LogP contribution >= 0.6 is 0 Å². The monoisotopic (exact) mass is 268 g/mol. The molecule has 19 heavy (non-hydrogen) atoms. The van der Waals surface area contributed by atoms with Crippen LogP contribution in [0.1, 0.15) is 26.1 Å². The van der Waals surface area contributed by atoms with Crippen LogP contribution in [0.2, 0.25) is 0 Å². The molecular formula is C12H24N6O. The summed E-state index contributed by atoms with van der Waals surface area (Å²) in [5.41, 5.74) is 5.70. The normalized spacial score (nSPS) is 11.3. The minimum atomic E-state index is 0.186. The fraction of sp³-hybridized carbons (Fsp3) is 0.750. The summed E-state index contributed by atoms with van der Waals surface area (Å²) in [4.78, 5) is 16.6. The molecule has 0 bridgehead atoms. The molecule has 0 amide bonds. The summed E-state index contributed by atoms with van der Waals surface area (Å²) < 4.78 is 0. The van der Waals surface area contributed by atoms with Gasteiger partial charge in [-0.05, 0) is 20.3 Å². The van der Waals surface area contributed by atoms with E-state index in [0.29, 0.717) is 24.4 Å². The van der Waals surface area contributed by atoms with Crippen LogP contribution in [-0.2, 0) is 6.54 Å². The van der Waals surface area contributed by atoms with Crippen molar-refractivity contribution < 1.29 is 5.11 Å². The van der Waals surface area contributed by atoms with Crippen LogP contribution in [0.4, 0.5) is 11.9 Å². The first-order chi connectivity index (χ1) is 8.93. The fourth-order valence-corrected chi connectivity index (χ4v) is 1.67. The Hall–Kier alpha value is -1.47. The van der Waals surface area contributed by atoms with Crippen molar-refractivity contribution in [3.63, 3.8) is 0 Å². The van der Waals surface area contributed by atoms with Crippen LogP contribution < -0.4 is 10.6 Å². The molecule has 1 heterocycles. The van der Waals surface area contributed by atoms with Gasteiger partial charge < -0.3 is 15.7 Å². The summed E-state index contributed by atoms with van der Waals surface area (Å²) in [6, 6.07) is 0.354. The number of rotatable bonds is 7. The zero-order chi connectivity index (χ0) is 14.4. The molecule has 0 spiro atoms. The van der Waals surface area contributed by atoms with E-state index in [1.807, 2.05) is 14.1 Å². The summed E-state index contributed by atoms with van der Waals surface area (Å²) in [5, 5.41) is 8.93. The standard InChI is InChI=1S/C12H24N6O/c1-9(2)18(6-5-7-19)8-10-14-11(13)16-12(15-10)17(3)4/h9,19H,5-8H2,1-4H3,(H2,13,14,15,16). The van der Waals surface area contributed by atoms with Crippen LogP contribution in [-0.4, -0.2) is 58.2 Å². The van der Waals surface area contributed by atoms with Gasteiger partial charge in [-0.15, -0.1) is 0 Å². The maximum Gasteiger partial charge on any atom is 0.229 e. The molecule has 0 fully saturated rings. The fourth-order valence-electron chi connectivity index (χ4n) is 1.67. The van der Waals surface area contributed by atoms with Crippen molar-refractivity contribution in [3.8, 4) is 0 Å². The second-order valence-electron chi connectivity index (χ2n) is 4.95. The average molecular weight is 268 g/mol. The summed E-state index contributed by atoms with van der Waals surface area (Å²) in [5.74, 6) is 1.45. The number of nitrogens with zero attached hydrogens (tertiary/aromatic N) is 5. The Morgan fingerprint density at radius 3 is 2.42 bits per heavy atom. The van der Waals surface area contributed by atoms with Gasteiger partial charge in [0.05, 0.1) is 6.54 Å². The first-order valence-electron chi connectivity index (χ1n) is 6.46. The van der Waals surface area contributed by atoms with E-state index in [2.05, 4.69) is 33.7 Å². The third-order valence-electron chi connectivity index (χ3n) is 2.77. The van der Waals surface area contributed by atoms with Crippen molar-refractivity contribution >= 4 is 11.9 Å². The Morgan fingerprint density at radius 2 is 1.89 bits per heavy atom. The Balaban J connectivity index is 2.83. The predicted molar refractivity (Wildman–Crippen MR) is 75.8 cm³/mol. The number of hydrogen-bond acceptors (Lipinski definition) is 7. The maximum atomic E-state index is 8.93. The number of aliphatic hydroxyl groups is 1. The third-order valence-corrected chi connectivity index (χ3v) is 2.77. The molecule has 0 radical (unpaired) electrons. The summed E-state index contributed by atoms with van der Waals surface area (Å²) in [7, 11) is 3.73. The highest BCUT2D eigenvalue weighted by Gasteiger charge is 2.13. The van der Waals surface area contributed by atoms with Gasteiger partial charge in [0.1, 0.15) is 5.82 Å². The van der Waals surface area contributed by atoms with Gasteiger partial charge in [0, 0.05) is 33.3 Å². The number of anilines is 2. The number of aliphatic hydroxyl groups excluding tert-OH is 1. The Morgan fingerprint density at radius 1 is 1.21 bits per heavy atom. The average Bonchev–Trinajstić information content (AvgIpc) is 2.33. The molecule has 0 unspecified atom stereocenters. The molecule has 0 saturated carbocycles. The second-order valence-corrected chi connectivity index (χ2v) is 4.95. The quantitative estimate of drug-likeness (QED) is 0.725. The first kappa shape index (κ1) is 15.6. The maximum absolute atomic E-state index is 8.93. The number of nitrogen functional groups attached to an aromatic ring is 1. The van der Waals surface area contributed by atoms with Gasteiger partial charge in [-0.2, -0.15) is 15.0 Å². The highest BCUT2D eigenvalue weighted by Crippen LogP contribution is 2.10. The first-order valence-corrected chi connectivity index (χ1v) is 6.46. The van der Waals surface area contributed by atoms with Crippen molar-refractivity contribution in [3.05, 3.63) is 5.82 Å². The van der Waals surface area contributed by atoms with Crippen LogP contribution in [0.25, 0.3) is 0 Å². The molecule has 108 valence electrons. The highest BCUT2D eigenvalue weighted by atomic mass is 16.3. The summed E-state index contributed by atoms with van der Waals surface area (Å²) >= 11 is 0. The van der Waals surface area contributed by atoms with Gasteiger partial charge in [0.2, 0.25) is 11.9 Å². The Kier molecular flexibility index (Phi) is 5.91. The van der Waals surface area contributed by atoms with Gasteiger partial charge in [0.25, 0.3) is 0 Å². The molecule has 1 aromatic heterocycles. The van der Waals surface area contributed by atoms with E-state index in [1.54, 1.807) is 4.90 Å². The van der Waals surface area contributed by atoms with E-state index in [-0.39, 0.29) is 12.6 Å². The minimum Gasteiger partial charge on any atom is -0.396 e. The zero-order valence-electron chi connectivity index (χ0n) is 12.2. The molecule has 0 saturated heterocycles. The molecule has 7 nitrogen and oxygen atoms in total. The molecule has 0 aliphatic rings. The zero-order valence-corrected chi connectivity index (χ0v) is 12.2. The molecule has 0 aliphatic carbocycles. The SMILES string of the molecule is CC(C)N(CCCO)Cc1nc(N)nc(N(C)C)n1. The molecule has 0 atom stereocenters. The van der Waals surface area contributed by atoms with Crippen LogP contribution in [0.5, 0.6) is 0 Å². The number of nitrogens with two attached hydrogens (primary N) is 1. The lowest BCUT2D eigenvalue weighted by Gasteiger charge is -2.25. The topological polar surface area (TPSA) is 91.4 Å². The number of aromatic nitrogens is 3. The lowest BCUT2D eigenvalue weighted by molar-refractivity contribution is 0.181. The Labute approximate surface area is 114 Å². The van der Waals surface area contributed by atoms with Gasteiger partial charge in [-0.3, -0.25) is 4.90 Å². The van der Waals surface area contributed by atoms with E-state index in [4.69, 9.17) is 10.8 Å². The lowest BCUT2D eigenvalue weighted by Crippen LogP contribution is -2.33. The van der Waals surface area contributed by atoms with Crippen molar-refractivity contribution in [1.82, 2.24) is 19.9 Å². The lowest BCUT2D eigenvalue weighted by atomic mass is 10.3. The largest absolute Gasteiger partial charge is 0.396 e. The van der Waals surface area contributed by atoms with E-state index in [0.717, 1.165) is 13.0 Å². The highest BCUT2D eigenvalue weighted by molar-refractivity contribution is 5.32. The van der Waals surface area contributed by atoms with E-state index in [1.165, 1.54) is 0 Å². The smallest absolute Gasteiger partial charge is 0.229 e. The predicted octanol–water partition coefficient (Wildman–Crippen LogP) is 0.113. The van der Waals surface area contributed by atoms with Crippen LogP contribution in [0.15, 0.2) is 0 Å². The molecular weight excluding hydrogens is 244 g/mol. The van der Waals surface area contributed by atoms with Gasteiger partial charge >= 0.3 is 0 Å². The molecule has 0 aromatic carbocycles. The molecule has 7 heteroatoms. The van der Waals surface area contributed by atoms with E-state index >= 15 is 0 Å². The van der Waals surface area contributed by atoms with Crippen molar-refractivity contribution in [1.29, 1.82) is 0 Å². The van der Waals surface area contributed by atoms with Crippen LogP contribution in [0, 0.1) is 0 Å². The molecule has 1 aromatic rings. The van der Waals surface area contributed by atoms with Crippen molar-refractivity contribution in [2.45, 2.75) is 32.9 Å². The molecule has 1 rings (SSSR count). The molecule has 0 aliphatic heterocycles. The molecule has 3 N–H and O–H groups in total. The summed E-state index contributed by atoms with van der Waals surface area (Å²) in [6.45, 7) is 5.80. The van der Waals surface area contributed by atoms with Crippen molar-refractivity contribution in [2.24, 2.45) is 0 Å². The number of hydrogen-bond donors (Lipinski definition) is 2. The minimum absolute atomic E-state index is 0.186. The second kappa shape index (κ2) is 7.20. The van der Waals surface area contributed by atoms with E-state index < -0.39 is 0 Å². The Bertz CT molecular complexity index is 396. The third kappa shape index (κ3) is 4.96. The van der Waals surface area contributed by atoms with Crippen LogP contribution in [0.3, 0.4) is 0 Å². The van der Waals surface area contributed by atoms with Gasteiger partial charge in [-0.25, -0.2) is 0 Å². The van der Waals surface area contributed by atoms with Gasteiger partial charge in [-0.1, -0.05) is 0 Å². The van der Waals surface area contributed by atoms with Gasteiger partial charge in [0.15, 0.2) is 0 Å².